The third-order valence-corrected chi connectivity index (χ3v) is 2.76. The molecule has 0 unspecified atom stereocenters. The van der Waals surface area contributed by atoms with Crippen LogP contribution in [0.5, 0.6) is 0 Å². The van der Waals surface area contributed by atoms with Gasteiger partial charge in [-0.2, -0.15) is 0 Å². The van der Waals surface area contributed by atoms with Crippen LogP contribution in [0.3, 0.4) is 0 Å². The summed E-state index contributed by atoms with van der Waals surface area (Å²) in [6.07, 6.45) is 4.44. The van der Waals surface area contributed by atoms with Crippen molar-refractivity contribution < 1.29 is 4.79 Å². The molecule has 5 nitrogen and oxygen atoms in total. The van der Waals surface area contributed by atoms with E-state index in [2.05, 4.69) is 26.6 Å². The van der Waals surface area contributed by atoms with Gasteiger partial charge in [0.15, 0.2) is 12.0 Å². The van der Waals surface area contributed by atoms with Gasteiger partial charge in [-0.1, -0.05) is 12.1 Å². The normalized spacial score (nSPS) is 10.6. The lowest BCUT2D eigenvalue weighted by Gasteiger charge is -2.04. The van der Waals surface area contributed by atoms with E-state index in [0.717, 1.165) is 28.0 Å². The van der Waals surface area contributed by atoms with E-state index in [1.165, 1.54) is 6.92 Å². The molecule has 3 aromatic rings. The molecular weight excluding hydrogens is 240 g/mol. The average Bonchev–Trinajstić information content (AvgIpc) is 2.86. The molecular formula is C14H11N4O. The Bertz CT molecular complexity index is 731. The van der Waals surface area contributed by atoms with Crippen LogP contribution in [0, 0.1) is 6.33 Å². The first-order valence-electron chi connectivity index (χ1n) is 5.82. The van der Waals surface area contributed by atoms with E-state index in [1.54, 1.807) is 6.20 Å². The average molecular weight is 251 g/mol. The van der Waals surface area contributed by atoms with E-state index in [0.29, 0.717) is 0 Å². The summed E-state index contributed by atoms with van der Waals surface area (Å²) in [6.45, 7) is 1.49. The van der Waals surface area contributed by atoms with Gasteiger partial charge in [0.2, 0.25) is 5.91 Å². The minimum absolute atomic E-state index is 0.0807. The van der Waals surface area contributed by atoms with Crippen LogP contribution in [0.1, 0.15) is 6.92 Å². The van der Waals surface area contributed by atoms with Crippen molar-refractivity contribution in [3.8, 4) is 11.1 Å². The molecule has 0 aliphatic heterocycles. The summed E-state index contributed by atoms with van der Waals surface area (Å²) in [5.74, 6) is -0.0807. The summed E-state index contributed by atoms with van der Waals surface area (Å²) >= 11 is 0. The number of aromatic amines is 1. The molecule has 0 fully saturated rings. The minimum atomic E-state index is -0.0807. The highest BCUT2D eigenvalue weighted by Crippen LogP contribution is 2.22. The van der Waals surface area contributed by atoms with Crippen LogP contribution in [0.15, 0.2) is 36.5 Å². The number of H-pyrrole nitrogens is 1. The summed E-state index contributed by atoms with van der Waals surface area (Å²) < 4.78 is 0. The van der Waals surface area contributed by atoms with Gasteiger partial charge in [-0.15, -0.1) is 0 Å². The van der Waals surface area contributed by atoms with E-state index in [1.807, 2.05) is 30.3 Å². The van der Waals surface area contributed by atoms with Gasteiger partial charge in [0.25, 0.3) is 0 Å². The highest BCUT2D eigenvalue weighted by molar-refractivity contribution is 5.89. The fourth-order valence-corrected chi connectivity index (χ4v) is 1.88. The van der Waals surface area contributed by atoms with Crippen molar-refractivity contribution in [3.63, 3.8) is 0 Å². The number of amides is 1. The first-order valence-corrected chi connectivity index (χ1v) is 5.82. The lowest BCUT2D eigenvalue weighted by molar-refractivity contribution is -0.114. The number of nitrogens with zero attached hydrogens (tertiary/aromatic N) is 2. The number of fused-ring (bicyclic) bond motifs is 1. The molecule has 5 heteroatoms. The SMILES string of the molecule is CC(=O)Nc1ccc(-c2cnc3[nH][c]nc3c2)cc1. The molecule has 1 aromatic carbocycles. The number of hydrogen-bond donors (Lipinski definition) is 2. The van der Waals surface area contributed by atoms with Crippen LogP contribution in [0.25, 0.3) is 22.3 Å². The second kappa shape index (κ2) is 4.53. The second-order valence-electron chi connectivity index (χ2n) is 4.20. The number of benzene rings is 1. The Morgan fingerprint density at radius 3 is 2.79 bits per heavy atom. The standard InChI is InChI=1S/C14H11N4O/c1-9(19)18-12-4-2-10(3-5-12)11-6-13-14(15-7-11)17-8-16-13/h2-7H,1H3,(H,18,19)(H,15,16,17). The van der Waals surface area contributed by atoms with Crippen molar-refractivity contribution >= 4 is 22.8 Å². The zero-order valence-corrected chi connectivity index (χ0v) is 10.3. The molecule has 0 saturated carbocycles. The summed E-state index contributed by atoms with van der Waals surface area (Å²) in [4.78, 5) is 22.1. The Morgan fingerprint density at radius 2 is 2.05 bits per heavy atom. The van der Waals surface area contributed by atoms with E-state index >= 15 is 0 Å². The zero-order valence-electron chi connectivity index (χ0n) is 10.3. The Kier molecular flexibility index (Phi) is 2.72. The van der Waals surface area contributed by atoms with Crippen molar-refractivity contribution in [1.29, 1.82) is 0 Å². The molecule has 3 rings (SSSR count). The molecule has 1 amide bonds. The van der Waals surface area contributed by atoms with E-state index in [4.69, 9.17) is 0 Å². The van der Waals surface area contributed by atoms with Crippen LogP contribution in [-0.2, 0) is 4.79 Å². The van der Waals surface area contributed by atoms with Crippen LogP contribution < -0.4 is 5.32 Å². The lowest BCUT2D eigenvalue weighted by atomic mass is 10.1. The third kappa shape index (κ3) is 2.30. The lowest BCUT2D eigenvalue weighted by Crippen LogP contribution is -2.05. The maximum absolute atomic E-state index is 10.9. The summed E-state index contributed by atoms with van der Waals surface area (Å²) in [7, 11) is 0. The number of rotatable bonds is 2. The van der Waals surface area contributed by atoms with Crippen molar-refractivity contribution in [3.05, 3.63) is 42.9 Å². The second-order valence-corrected chi connectivity index (χ2v) is 4.20. The van der Waals surface area contributed by atoms with Crippen molar-refractivity contribution in [2.45, 2.75) is 6.92 Å². The topological polar surface area (TPSA) is 70.7 Å². The number of imidazole rings is 1. The van der Waals surface area contributed by atoms with Crippen molar-refractivity contribution in [1.82, 2.24) is 15.0 Å². The predicted octanol–water partition coefficient (Wildman–Crippen LogP) is 2.38. The van der Waals surface area contributed by atoms with Crippen LogP contribution >= 0.6 is 0 Å². The number of hydrogen-bond acceptors (Lipinski definition) is 3. The maximum Gasteiger partial charge on any atom is 0.221 e. The van der Waals surface area contributed by atoms with Gasteiger partial charge in [-0.25, -0.2) is 9.97 Å². The number of carbonyl (C=O) groups excluding carboxylic acids is 1. The van der Waals surface area contributed by atoms with Gasteiger partial charge < -0.3 is 10.3 Å². The molecule has 2 aromatic heterocycles. The van der Waals surface area contributed by atoms with Gasteiger partial charge in [0.05, 0.1) is 0 Å². The number of nitrogens with one attached hydrogen (secondary N) is 2. The Hall–Kier alpha value is -2.69. The molecule has 0 bridgehead atoms. The molecule has 2 heterocycles. The number of carbonyl (C=O) groups is 1. The molecule has 0 atom stereocenters. The molecule has 0 aliphatic rings. The first kappa shape index (κ1) is 11.4. The molecule has 0 aliphatic carbocycles. The maximum atomic E-state index is 10.9. The largest absolute Gasteiger partial charge is 0.326 e. The fraction of sp³-hybridized carbons (Fsp3) is 0.0714. The smallest absolute Gasteiger partial charge is 0.221 e. The Morgan fingerprint density at radius 1 is 1.26 bits per heavy atom. The summed E-state index contributed by atoms with van der Waals surface area (Å²) in [5, 5.41) is 2.73. The van der Waals surface area contributed by atoms with Crippen LogP contribution in [0.4, 0.5) is 5.69 Å². The van der Waals surface area contributed by atoms with Gasteiger partial charge in [0.1, 0.15) is 5.52 Å². The molecule has 19 heavy (non-hydrogen) atoms. The first-order chi connectivity index (χ1) is 9.22. The molecule has 1 radical (unpaired) electrons. The monoisotopic (exact) mass is 251 g/mol. The van der Waals surface area contributed by atoms with Gasteiger partial charge in [-0.3, -0.25) is 4.79 Å². The summed E-state index contributed by atoms with van der Waals surface area (Å²) in [5.41, 5.74) is 4.27. The summed E-state index contributed by atoms with van der Waals surface area (Å²) in [6, 6.07) is 9.53. The van der Waals surface area contributed by atoms with Gasteiger partial charge in [0, 0.05) is 24.4 Å². The highest BCUT2D eigenvalue weighted by Gasteiger charge is 2.03. The highest BCUT2D eigenvalue weighted by atomic mass is 16.1. The van der Waals surface area contributed by atoms with Gasteiger partial charge >= 0.3 is 0 Å². The van der Waals surface area contributed by atoms with Gasteiger partial charge in [-0.05, 0) is 23.8 Å². The molecule has 93 valence electrons. The number of anilines is 1. The zero-order chi connectivity index (χ0) is 13.2. The van der Waals surface area contributed by atoms with Crippen LogP contribution in [0.2, 0.25) is 0 Å². The molecule has 2 N–H and O–H groups in total. The third-order valence-electron chi connectivity index (χ3n) is 2.76. The predicted molar refractivity (Wildman–Crippen MR) is 72.5 cm³/mol. The number of aromatic nitrogens is 3. The number of pyridine rings is 1. The van der Waals surface area contributed by atoms with E-state index in [-0.39, 0.29) is 5.91 Å². The van der Waals surface area contributed by atoms with E-state index in [9.17, 15) is 4.79 Å². The minimum Gasteiger partial charge on any atom is -0.326 e. The Balaban J connectivity index is 1.94. The molecule has 0 spiro atoms. The Labute approximate surface area is 109 Å². The fourth-order valence-electron chi connectivity index (χ4n) is 1.88. The molecule has 0 saturated heterocycles. The van der Waals surface area contributed by atoms with Crippen molar-refractivity contribution in [2.24, 2.45) is 0 Å². The quantitative estimate of drug-likeness (QED) is 0.734. The van der Waals surface area contributed by atoms with E-state index < -0.39 is 0 Å². The van der Waals surface area contributed by atoms with Crippen LogP contribution in [-0.4, -0.2) is 20.9 Å². The van der Waals surface area contributed by atoms with Crippen molar-refractivity contribution in [2.75, 3.05) is 5.32 Å².